The first-order valence-corrected chi connectivity index (χ1v) is 10.3. The fourth-order valence-electron chi connectivity index (χ4n) is 2.94. The number of benzene rings is 1. The summed E-state index contributed by atoms with van der Waals surface area (Å²) in [6.45, 7) is 5.23. The maximum absolute atomic E-state index is 13.2. The average Bonchev–Trinajstić information content (AvgIpc) is 3.10. The predicted molar refractivity (Wildman–Crippen MR) is 99.0 cm³/mol. The Morgan fingerprint density at radius 2 is 1.88 bits per heavy atom. The van der Waals surface area contributed by atoms with Gasteiger partial charge in [-0.2, -0.15) is 0 Å². The number of para-hydroxylation sites is 2. The smallest absolute Gasteiger partial charge is 0.336 e. The highest BCUT2D eigenvalue weighted by atomic mass is 32.2. The van der Waals surface area contributed by atoms with E-state index in [1.807, 2.05) is 0 Å². The summed E-state index contributed by atoms with van der Waals surface area (Å²) >= 11 is 1.18. The van der Waals surface area contributed by atoms with E-state index >= 15 is 0 Å². The van der Waals surface area contributed by atoms with Crippen LogP contribution < -0.4 is 10.8 Å². The molecular formula is C17H18N3O4S2-. The van der Waals surface area contributed by atoms with Gasteiger partial charge in [0, 0.05) is 11.6 Å². The third-order valence-corrected chi connectivity index (χ3v) is 5.81. The van der Waals surface area contributed by atoms with E-state index in [9.17, 15) is 18.9 Å². The molecular weight excluding hydrogens is 374 g/mol. The van der Waals surface area contributed by atoms with Gasteiger partial charge < -0.3 is 9.90 Å². The first-order valence-electron chi connectivity index (χ1n) is 7.85. The molecule has 0 aliphatic carbocycles. The van der Waals surface area contributed by atoms with Crippen molar-refractivity contribution in [2.45, 2.75) is 31.8 Å². The van der Waals surface area contributed by atoms with E-state index in [0.29, 0.717) is 21.2 Å². The summed E-state index contributed by atoms with van der Waals surface area (Å²) in [5.74, 6) is -1.32. The van der Waals surface area contributed by atoms with Gasteiger partial charge in [-0.15, -0.1) is 11.3 Å². The molecule has 7 nitrogen and oxygen atoms in total. The molecule has 2 aromatic heterocycles. The second-order valence-corrected chi connectivity index (χ2v) is 9.15. The van der Waals surface area contributed by atoms with Crippen molar-refractivity contribution in [3.8, 4) is 5.13 Å². The maximum Gasteiger partial charge on any atom is 0.336 e. The maximum atomic E-state index is 13.2. The molecule has 1 aromatic carbocycles. The minimum Gasteiger partial charge on any atom is -0.548 e. The van der Waals surface area contributed by atoms with Crippen LogP contribution in [0.5, 0.6) is 0 Å². The van der Waals surface area contributed by atoms with Crippen LogP contribution in [-0.2, 0) is 15.6 Å². The van der Waals surface area contributed by atoms with Crippen LogP contribution in [0.2, 0.25) is 0 Å². The molecule has 0 radical (unpaired) electrons. The molecule has 0 spiro atoms. The molecule has 26 heavy (non-hydrogen) atoms. The molecule has 2 atom stereocenters. The first kappa shape index (κ1) is 18.5. The molecule has 138 valence electrons. The molecule has 3 rings (SSSR count). The molecule has 0 N–H and O–H groups in total. The number of carboxylic acid groups (broad SMARTS) is 1. The lowest BCUT2D eigenvalue weighted by atomic mass is 9.86. The lowest BCUT2D eigenvalue weighted by Gasteiger charge is -2.32. The van der Waals surface area contributed by atoms with E-state index in [4.69, 9.17) is 0 Å². The normalized spacial score (nSPS) is 14.5. The largest absolute Gasteiger partial charge is 0.548 e. The molecule has 9 heteroatoms. The van der Waals surface area contributed by atoms with Crippen LogP contribution in [-0.4, -0.2) is 30.6 Å². The summed E-state index contributed by atoms with van der Waals surface area (Å²) < 4.78 is 14.3. The van der Waals surface area contributed by atoms with Crippen LogP contribution in [0.15, 0.2) is 39.5 Å². The van der Waals surface area contributed by atoms with Gasteiger partial charge in [-0.3, -0.25) is 8.78 Å². The van der Waals surface area contributed by atoms with Crippen molar-refractivity contribution in [2.75, 3.05) is 6.26 Å². The van der Waals surface area contributed by atoms with Crippen LogP contribution in [0.1, 0.15) is 26.8 Å². The fraction of sp³-hybridized carbons (Fsp3) is 0.353. The van der Waals surface area contributed by atoms with E-state index in [2.05, 4.69) is 4.98 Å². The molecule has 2 heterocycles. The molecule has 0 saturated carbocycles. The summed E-state index contributed by atoms with van der Waals surface area (Å²) in [6, 6.07) is 5.78. The van der Waals surface area contributed by atoms with Crippen molar-refractivity contribution in [1.82, 2.24) is 14.1 Å². The first-order chi connectivity index (χ1) is 12.1. The van der Waals surface area contributed by atoms with E-state index in [-0.39, 0.29) is 0 Å². The second kappa shape index (κ2) is 6.48. The Bertz CT molecular complexity index is 1070. The quantitative estimate of drug-likeness (QED) is 0.667. The molecule has 0 aliphatic rings. The standard InChI is InChI=1S/C17H19N3O4S2/c1-17(2,3)13(14(21)22)19-10-7-5-6-8-11(10)20(16(19)23)15-18-12(9-25-15)26(4)24/h5-9,13H,1-4H3,(H,21,22)/p-1. The van der Waals surface area contributed by atoms with Gasteiger partial charge in [0.1, 0.15) is 5.03 Å². The molecule has 2 unspecified atom stereocenters. The fourth-order valence-corrected chi connectivity index (χ4v) is 4.59. The molecule has 0 fully saturated rings. The second-order valence-electron chi connectivity index (χ2n) is 6.99. The number of imidazole rings is 1. The topological polar surface area (TPSA) is 97.0 Å². The van der Waals surface area contributed by atoms with Crippen molar-refractivity contribution >= 4 is 39.1 Å². The Morgan fingerprint density at radius 3 is 2.38 bits per heavy atom. The van der Waals surface area contributed by atoms with Crippen LogP contribution in [0.4, 0.5) is 0 Å². The molecule has 3 aromatic rings. The minimum atomic E-state index is -1.32. The number of nitrogens with zero attached hydrogens (tertiary/aromatic N) is 3. The Hall–Kier alpha value is -2.26. The Balaban J connectivity index is 2.36. The number of carbonyl (C=O) groups is 1. The van der Waals surface area contributed by atoms with Crippen LogP contribution >= 0.6 is 11.3 Å². The lowest BCUT2D eigenvalue weighted by Crippen LogP contribution is -2.44. The highest BCUT2D eigenvalue weighted by molar-refractivity contribution is 7.84. The van der Waals surface area contributed by atoms with Gasteiger partial charge in [-0.05, 0) is 17.5 Å². The van der Waals surface area contributed by atoms with Gasteiger partial charge >= 0.3 is 5.69 Å². The predicted octanol–water partition coefficient (Wildman–Crippen LogP) is 1.32. The zero-order valence-electron chi connectivity index (χ0n) is 14.8. The minimum absolute atomic E-state index is 0.348. The molecule has 0 amide bonds. The zero-order valence-corrected chi connectivity index (χ0v) is 16.4. The van der Waals surface area contributed by atoms with E-state index < -0.39 is 33.9 Å². The van der Waals surface area contributed by atoms with Gasteiger partial charge in [0.2, 0.25) is 0 Å². The summed E-state index contributed by atoms with van der Waals surface area (Å²) in [5.41, 5.74) is -0.235. The van der Waals surface area contributed by atoms with Crippen molar-refractivity contribution in [2.24, 2.45) is 5.41 Å². The number of thiazole rings is 1. The van der Waals surface area contributed by atoms with Crippen molar-refractivity contribution in [3.05, 3.63) is 40.1 Å². The monoisotopic (exact) mass is 392 g/mol. The van der Waals surface area contributed by atoms with Gasteiger partial charge in [0.25, 0.3) is 0 Å². The third kappa shape index (κ3) is 3.01. The molecule has 0 saturated heterocycles. The number of aliphatic carboxylic acids is 1. The summed E-state index contributed by atoms with van der Waals surface area (Å²) in [6.07, 6.45) is 1.51. The molecule has 0 aliphatic heterocycles. The van der Waals surface area contributed by atoms with Crippen molar-refractivity contribution in [3.63, 3.8) is 0 Å². The number of aromatic nitrogens is 3. The molecule has 0 bridgehead atoms. The Labute approximate surface area is 156 Å². The zero-order chi connectivity index (χ0) is 19.2. The van der Waals surface area contributed by atoms with Gasteiger partial charge in [0.05, 0.1) is 33.8 Å². The number of rotatable bonds is 4. The average molecular weight is 392 g/mol. The third-order valence-electron chi connectivity index (χ3n) is 4.04. The lowest BCUT2D eigenvalue weighted by molar-refractivity contribution is -0.313. The van der Waals surface area contributed by atoms with Crippen molar-refractivity contribution in [1.29, 1.82) is 0 Å². The SMILES string of the molecule is CS(=O)c1csc(-n2c(=O)n(C(C(=O)[O-])C(C)(C)C)c3ccccc32)n1. The highest BCUT2D eigenvalue weighted by Crippen LogP contribution is 2.32. The van der Waals surface area contributed by atoms with E-state index in [1.54, 1.807) is 50.4 Å². The van der Waals surface area contributed by atoms with Gasteiger partial charge in [0.15, 0.2) is 5.13 Å². The number of carboxylic acids is 1. The highest BCUT2D eigenvalue weighted by Gasteiger charge is 2.32. The van der Waals surface area contributed by atoms with Gasteiger partial charge in [-0.25, -0.2) is 14.3 Å². The number of hydrogen-bond acceptors (Lipinski definition) is 6. The number of fused-ring (bicyclic) bond motifs is 1. The Kier molecular flexibility index (Phi) is 4.61. The van der Waals surface area contributed by atoms with Crippen LogP contribution in [0, 0.1) is 5.41 Å². The summed E-state index contributed by atoms with van der Waals surface area (Å²) in [7, 11) is -1.27. The van der Waals surface area contributed by atoms with Crippen molar-refractivity contribution < 1.29 is 14.1 Å². The summed E-state index contributed by atoms with van der Waals surface area (Å²) in [4.78, 5) is 29.3. The van der Waals surface area contributed by atoms with E-state index in [0.717, 1.165) is 0 Å². The van der Waals surface area contributed by atoms with Crippen LogP contribution in [0.25, 0.3) is 16.2 Å². The Morgan fingerprint density at radius 1 is 1.27 bits per heavy atom. The summed E-state index contributed by atoms with van der Waals surface area (Å²) in [5, 5.41) is 14.2. The van der Waals surface area contributed by atoms with Crippen LogP contribution in [0.3, 0.4) is 0 Å². The number of carbonyl (C=O) groups excluding carboxylic acids is 1. The van der Waals surface area contributed by atoms with Gasteiger partial charge in [-0.1, -0.05) is 32.9 Å². The van der Waals surface area contributed by atoms with E-state index in [1.165, 1.54) is 26.7 Å². The number of hydrogen-bond donors (Lipinski definition) is 0.